The lowest BCUT2D eigenvalue weighted by atomic mass is 9.87. The molecule has 11 rings (SSSR count). The van der Waals surface area contributed by atoms with E-state index in [4.69, 9.17) is 14.2 Å². The van der Waals surface area contributed by atoms with Crippen LogP contribution in [-0.2, 0) is 19.4 Å². The van der Waals surface area contributed by atoms with E-state index in [9.17, 15) is 23.5 Å². The minimum Gasteiger partial charge on any atom is -0.508 e. The van der Waals surface area contributed by atoms with E-state index >= 15 is 0 Å². The highest BCUT2D eigenvalue weighted by Crippen LogP contribution is 2.40. The van der Waals surface area contributed by atoms with Crippen LogP contribution in [0, 0.1) is 11.6 Å². The molecule has 7 aromatic carbocycles. The van der Waals surface area contributed by atoms with E-state index in [0.717, 1.165) is 102 Å². The number of phenolic OH excluding ortho intramolecular Hbond substituents is 1. The number of likely N-dealkylation sites (tertiary alicyclic amines) is 2. The number of carbonyl (C=O) groups is 2. The summed E-state index contributed by atoms with van der Waals surface area (Å²) in [6.45, 7) is 9.38. The van der Waals surface area contributed by atoms with Crippen molar-refractivity contribution in [3.8, 4) is 23.0 Å². The molecule has 2 saturated heterocycles. The second kappa shape index (κ2) is 25.5. The summed E-state index contributed by atoms with van der Waals surface area (Å²) >= 11 is 0. The van der Waals surface area contributed by atoms with Gasteiger partial charge in [0.05, 0.1) is 0 Å². The second-order valence-corrected chi connectivity index (χ2v) is 20.4. The van der Waals surface area contributed by atoms with Gasteiger partial charge in [0.25, 0.3) is 0 Å². The molecular weight excluding hydrogens is 971 g/mol. The van der Waals surface area contributed by atoms with Gasteiger partial charge in [0.1, 0.15) is 66.5 Å². The zero-order valence-corrected chi connectivity index (χ0v) is 43.7. The topological polar surface area (TPSA) is 95.0 Å². The van der Waals surface area contributed by atoms with Crippen LogP contribution in [0.3, 0.4) is 0 Å². The van der Waals surface area contributed by atoms with E-state index in [-0.39, 0.29) is 29.0 Å². The number of Topliss-reactive ketones (excluding diaryl/α,β-unsaturated/α-hetero) is 2. The standard InChI is InChI=1S/C36H37FN2O3.C29H31FN2O3/c37-30-11-13-31(14-12-30)39-22-19-29-25-33(42-26-27-7-3-1-4-8-27)17-18-34(29)35(39)36(40)28-9-15-32(16-10-28)41-24-23-38-20-5-2-6-21-38;30-23-6-8-24(9-7-23)32-17-14-22-20-25(33)10-13-27(22)28(32)29(34)21-4-11-26(12-5-21)35-19-18-31-15-2-1-3-16-31/h1,3-4,7-18,25,35H,2,5-6,19-24,26H2;4-13,20,28,33H,1-3,14-19H2. The van der Waals surface area contributed by atoms with Crippen molar-refractivity contribution in [1.29, 1.82) is 0 Å². The predicted molar refractivity (Wildman–Crippen MR) is 299 cm³/mol. The number of benzene rings is 7. The number of fused-ring (bicyclic) bond motifs is 2. The van der Waals surface area contributed by atoms with Crippen molar-refractivity contribution in [1.82, 2.24) is 9.80 Å². The molecule has 0 aromatic heterocycles. The Kier molecular flexibility index (Phi) is 17.5. The lowest BCUT2D eigenvalue weighted by molar-refractivity contribution is 0.0946. The summed E-state index contributed by atoms with van der Waals surface area (Å²) in [4.78, 5) is 36.9. The molecule has 2 fully saturated rings. The molecular formula is C65H68F2N4O6. The summed E-state index contributed by atoms with van der Waals surface area (Å²) in [6, 6.07) is 47.6. The van der Waals surface area contributed by atoms with Crippen molar-refractivity contribution in [2.24, 2.45) is 0 Å². The summed E-state index contributed by atoms with van der Waals surface area (Å²) in [5, 5.41) is 9.97. The minimum atomic E-state index is -0.560. The van der Waals surface area contributed by atoms with Crippen molar-refractivity contribution in [3.05, 3.63) is 214 Å². The third-order valence-electron chi connectivity index (χ3n) is 15.3. The van der Waals surface area contributed by atoms with Crippen molar-refractivity contribution < 1.29 is 37.7 Å². The third kappa shape index (κ3) is 13.5. The highest BCUT2D eigenvalue weighted by molar-refractivity contribution is 6.04. The molecule has 2 atom stereocenters. The molecule has 2 unspecified atom stereocenters. The van der Waals surface area contributed by atoms with E-state index in [1.54, 1.807) is 36.4 Å². The maximum atomic E-state index is 14.1. The SMILES string of the molecule is O=C(c1ccc(OCCN2CCCCC2)cc1)C1c2ccc(O)cc2CCN1c1ccc(F)cc1.O=C(c1ccc(OCCN2CCCCC2)cc1)C1c2ccc(OCc3ccccc3)cc2CCN1c1ccc(F)cc1. The minimum absolute atomic E-state index is 0.00176. The highest BCUT2D eigenvalue weighted by Gasteiger charge is 2.36. The number of piperidine rings is 2. The zero-order chi connectivity index (χ0) is 52.9. The number of ether oxygens (including phenoxy) is 3. The molecule has 4 heterocycles. The molecule has 4 aliphatic heterocycles. The van der Waals surface area contributed by atoms with Crippen molar-refractivity contribution in [3.63, 3.8) is 0 Å². The number of hydrogen-bond donors (Lipinski definition) is 1. The Morgan fingerprint density at radius 3 is 1.39 bits per heavy atom. The van der Waals surface area contributed by atoms with Gasteiger partial charge in [-0.2, -0.15) is 0 Å². The Balaban J connectivity index is 0.000000178. The average Bonchev–Trinajstić information content (AvgIpc) is 3.47. The smallest absolute Gasteiger partial charge is 0.189 e. The summed E-state index contributed by atoms with van der Waals surface area (Å²) in [5.74, 6) is 1.84. The Labute approximate surface area is 451 Å². The van der Waals surface area contributed by atoms with Crippen molar-refractivity contribution in [2.45, 2.75) is 70.1 Å². The number of anilines is 2. The number of rotatable bonds is 17. The number of halogens is 2. The number of nitrogens with zero attached hydrogens (tertiary/aromatic N) is 4. The van der Waals surface area contributed by atoms with Gasteiger partial charge < -0.3 is 29.1 Å². The molecule has 0 amide bonds. The molecule has 12 heteroatoms. The van der Waals surface area contributed by atoms with Gasteiger partial charge in [-0.15, -0.1) is 0 Å². The molecule has 10 nitrogen and oxygen atoms in total. The number of aromatic hydroxyl groups is 1. The first-order chi connectivity index (χ1) is 37.7. The largest absolute Gasteiger partial charge is 0.508 e. The highest BCUT2D eigenvalue weighted by atomic mass is 19.1. The molecule has 0 radical (unpaired) electrons. The lowest BCUT2D eigenvalue weighted by Gasteiger charge is -2.38. The van der Waals surface area contributed by atoms with Crippen LogP contribution in [0.4, 0.5) is 20.2 Å². The Hall–Kier alpha value is -7.54. The van der Waals surface area contributed by atoms with Gasteiger partial charge in [-0.1, -0.05) is 55.3 Å². The normalized spacial score (nSPS) is 17.5. The van der Waals surface area contributed by atoms with Gasteiger partial charge in [-0.05, 0) is 214 Å². The third-order valence-corrected chi connectivity index (χ3v) is 15.3. The fraction of sp³-hybridized carbons (Fsp3) is 0.323. The summed E-state index contributed by atoms with van der Waals surface area (Å²) < 4.78 is 45.4. The van der Waals surface area contributed by atoms with E-state index in [1.807, 2.05) is 102 Å². The van der Waals surface area contributed by atoms with E-state index in [2.05, 4.69) is 20.8 Å². The average molecular weight is 1040 g/mol. The second-order valence-electron chi connectivity index (χ2n) is 20.4. The Morgan fingerprint density at radius 1 is 0.468 bits per heavy atom. The fourth-order valence-corrected chi connectivity index (χ4v) is 11.1. The molecule has 77 heavy (non-hydrogen) atoms. The molecule has 398 valence electrons. The van der Waals surface area contributed by atoms with Crippen molar-refractivity contribution >= 4 is 22.9 Å². The molecule has 7 aromatic rings. The zero-order valence-electron chi connectivity index (χ0n) is 43.7. The van der Waals surface area contributed by atoms with Crippen LogP contribution in [0.25, 0.3) is 0 Å². The maximum absolute atomic E-state index is 14.1. The molecule has 0 saturated carbocycles. The molecule has 0 bridgehead atoms. The molecule has 0 spiro atoms. The van der Waals surface area contributed by atoms with Crippen LogP contribution in [0.15, 0.2) is 164 Å². The quantitative estimate of drug-likeness (QED) is 0.0889. The van der Waals surface area contributed by atoms with Crippen LogP contribution in [0.2, 0.25) is 0 Å². The number of ketones is 2. The first-order valence-corrected chi connectivity index (χ1v) is 27.4. The van der Waals surface area contributed by atoms with Crippen LogP contribution in [-0.4, -0.2) is 92.0 Å². The summed E-state index contributed by atoms with van der Waals surface area (Å²) in [6.07, 6.45) is 9.12. The molecule has 1 N–H and O–H groups in total. The molecule has 0 aliphatic carbocycles. The number of hydrogen-bond acceptors (Lipinski definition) is 10. The van der Waals surface area contributed by atoms with E-state index in [0.29, 0.717) is 50.5 Å². The van der Waals surface area contributed by atoms with Crippen molar-refractivity contribution in [2.75, 3.05) is 75.4 Å². The number of carbonyl (C=O) groups excluding carboxylic acids is 2. The van der Waals surface area contributed by atoms with Crippen LogP contribution < -0.4 is 24.0 Å². The van der Waals surface area contributed by atoms with Crippen LogP contribution in [0.5, 0.6) is 23.0 Å². The first-order valence-electron chi connectivity index (χ1n) is 27.4. The number of phenols is 1. The Bertz CT molecular complexity index is 3040. The van der Waals surface area contributed by atoms with Crippen LogP contribution in [0.1, 0.15) is 99.1 Å². The fourth-order valence-electron chi connectivity index (χ4n) is 11.1. The van der Waals surface area contributed by atoms with E-state index < -0.39 is 12.1 Å². The van der Waals surface area contributed by atoms with Gasteiger partial charge in [-0.3, -0.25) is 19.4 Å². The predicted octanol–water partition coefficient (Wildman–Crippen LogP) is 12.6. The van der Waals surface area contributed by atoms with Gasteiger partial charge >= 0.3 is 0 Å². The Morgan fingerprint density at radius 2 is 0.909 bits per heavy atom. The maximum Gasteiger partial charge on any atom is 0.189 e. The summed E-state index contributed by atoms with van der Waals surface area (Å²) in [5.41, 5.74) is 7.79. The molecule has 4 aliphatic rings. The lowest BCUT2D eigenvalue weighted by Crippen LogP contribution is -2.40. The van der Waals surface area contributed by atoms with Crippen LogP contribution >= 0.6 is 0 Å². The van der Waals surface area contributed by atoms with E-state index in [1.165, 1.54) is 62.8 Å². The van der Waals surface area contributed by atoms with Gasteiger partial charge in [-0.25, -0.2) is 8.78 Å². The first kappa shape index (κ1) is 52.9. The van der Waals surface area contributed by atoms with Gasteiger partial charge in [0.2, 0.25) is 0 Å². The van der Waals surface area contributed by atoms with Gasteiger partial charge in [0, 0.05) is 48.7 Å². The summed E-state index contributed by atoms with van der Waals surface area (Å²) in [7, 11) is 0. The van der Waals surface area contributed by atoms with Gasteiger partial charge in [0.15, 0.2) is 11.6 Å². The monoisotopic (exact) mass is 1040 g/mol.